The largest absolute Gasteiger partial charge is 0.486 e. The summed E-state index contributed by atoms with van der Waals surface area (Å²) in [6.07, 6.45) is -0.520. The van der Waals surface area contributed by atoms with Gasteiger partial charge in [0.25, 0.3) is 0 Å². The number of amides is 2. The first-order valence-corrected chi connectivity index (χ1v) is 8.53. The molecule has 3 rings (SSSR count). The maximum absolute atomic E-state index is 12.0. The van der Waals surface area contributed by atoms with Crippen LogP contribution in [0.3, 0.4) is 0 Å². The van der Waals surface area contributed by atoms with Crippen molar-refractivity contribution in [1.29, 1.82) is 0 Å². The van der Waals surface area contributed by atoms with E-state index in [0.29, 0.717) is 23.8 Å². The molecule has 2 aromatic carbocycles. The summed E-state index contributed by atoms with van der Waals surface area (Å²) in [5.41, 5.74) is 2.81. The van der Waals surface area contributed by atoms with Crippen LogP contribution in [0.25, 0.3) is 0 Å². The number of fused-ring (bicyclic) bond motifs is 1. The molecule has 0 unspecified atom stereocenters. The lowest BCUT2D eigenvalue weighted by atomic mass is 10.1. The van der Waals surface area contributed by atoms with Crippen LogP contribution < -0.4 is 20.1 Å². The molecule has 136 valence electrons. The van der Waals surface area contributed by atoms with Gasteiger partial charge in [-0.2, -0.15) is 0 Å². The first kappa shape index (κ1) is 17.8. The predicted octanol–water partition coefficient (Wildman–Crippen LogP) is 2.59. The fourth-order valence-electron chi connectivity index (χ4n) is 2.85. The summed E-state index contributed by atoms with van der Waals surface area (Å²) in [7, 11) is 0. The Morgan fingerprint density at radius 3 is 2.46 bits per heavy atom. The van der Waals surface area contributed by atoms with E-state index in [2.05, 4.69) is 10.6 Å². The van der Waals surface area contributed by atoms with Gasteiger partial charge in [0.2, 0.25) is 11.8 Å². The summed E-state index contributed by atoms with van der Waals surface area (Å²) in [6.45, 7) is 4.55. The number of para-hydroxylation sites is 2. The lowest BCUT2D eigenvalue weighted by Gasteiger charge is -2.26. The smallest absolute Gasteiger partial charge is 0.233 e. The lowest BCUT2D eigenvalue weighted by Crippen LogP contribution is -2.41. The molecule has 1 aliphatic heterocycles. The molecule has 0 spiro atoms. The average Bonchev–Trinajstić information content (AvgIpc) is 2.58. The van der Waals surface area contributed by atoms with E-state index in [1.807, 2.05) is 56.3 Å². The number of benzene rings is 2. The van der Waals surface area contributed by atoms with Crippen molar-refractivity contribution in [2.75, 3.05) is 18.5 Å². The zero-order valence-electron chi connectivity index (χ0n) is 14.9. The monoisotopic (exact) mass is 354 g/mol. The maximum atomic E-state index is 12.0. The number of rotatable bonds is 5. The highest BCUT2D eigenvalue weighted by Crippen LogP contribution is 2.30. The van der Waals surface area contributed by atoms with Crippen molar-refractivity contribution in [3.63, 3.8) is 0 Å². The second-order valence-electron chi connectivity index (χ2n) is 6.40. The number of nitrogens with one attached hydrogen (secondary N) is 2. The first-order chi connectivity index (χ1) is 12.5. The zero-order chi connectivity index (χ0) is 18.5. The fraction of sp³-hybridized carbons (Fsp3) is 0.300. The van der Waals surface area contributed by atoms with E-state index >= 15 is 0 Å². The SMILES string of the molecule is Cc1cc(C)cc(NC(=O)CC(=O)NC[C@H]2COc3ccccc3O2)c1. The molecule has 6 heteroatoms. The van der Waals surface area contributed by atoms with Gasteiger partial charge in [-0.25, -0.2) is 0 Å². The highest BCUT2D eigenvalue weighted by Gasteiger charge is 2.21. The van der Waals surface area contributed by atoms with Gasteiger partial charge in [-0.1, -0.05) is 18.2 Å². The van der Waals surface area contributed by atoms with E-state index in [1.54, 1.807) is 0 Å². The standard InChI is InChI=1S/C20H22N2O4/c1-13-7-14(2)9-15(8-13)22-20(24)10-19(23)21-11-16-12-25-17-5-3-4-6-18(17)26-16/h3-9,16H,10-12H2,1-2H3,(H,21,23)(H,22,24)/t16-/m0/s1. The Bertz CT molecular complexity index is 799. The third-order valence-corrected chi connectivity index (χ3v) is 3.92. The number of anilines is 1. The topological polar surface area (TPSA) is 76.7 Å². The Morgan fingerprint density at radius 1 is 1.04 bits per heavy atom. The molecule has 0 aliphatic carbocycles. The molecular weight excluding hydrogens is 332 g/mol. The van der Waals surface area contributed by atoms with Gasteiger partial charge in [0.05, 0.1) is 6.54 Å². The second kappa shape index (κ2) is 7.91. The summed E-state index contributed by atoms with van der Waals surface area (Å²) in [5.74, 6) is 0.654. The average molecular weight is 354 g/mol. The molecule has 0 radical (unpaired) electrons. The molecule has 0 bridgehead atoms. The molecule has 26 heavy (non-hydrogen) atoms. The quantitative estimate of drug-likeness (QED) is 0.809. The van der Waals surface area contributed by atoms with Gasteiger partial charge in [-0.15, -0.1) is 0 Å². The van der Waals surface area contributed by atoms with Gasteiger partial charge in [-0.3, -0.25) is 9.59 Å². The molecule has 2 amide bonds. The Hall–Kier alpha value is -3.02. The van der Waals surface area contributed by atoms with Crippen molar-refractivity contribution in [2.24, 2.45) is 0 Å². The predicted molar refractivity (Wildman–Crippen MR) is 98.5 cm³/mol. The minimum absolute atomic E-state index is 0.239. The summed E-state index contributed by atoms with van der Waals surface area (Å²) >= 11 is 0. The van der Waals surface area contributed by atoms with E-state index < -0.39 is 0 Å². The third-order valence-electron chi connectivity index (χ3n) is 3.92. The molecule has 0 saturated heterocycles. The fourth-order valence-corrected chi connectivity index (χ4v) is 2.85. The minimum Gasteiger partial charge on any atom is -0.486 e. The van der Waals surface area contributed by atoms with Crippen LogP contribution in [-0.2, 0) is 9.59 Å². The van der Waals surface area contributed by atoms with Crippen molar-refractivity contribution in [3.05, 3.63) is 53.6 Å². The van der Waals surface area contributed by atoms with Crippen LogP contribution in [0.15, 0.2) is 42.5 Å². The van der Waals surface area contributed by atoms with Crippen LogP contribution >= 0.6 is 0 Å². The number of carbonyl (C=O) groups is 2. The van der Waals surface area contributed by atoms with Crippen molar-refractivity contribution in [1.82, 2.24) is 5.32 Å². The van der Waals surface area contributed by atoms with E-state index in [0.717, 1.165) is 11.1 Å². The number of aryl methyl sites for hydroxylation is 2. The maximum Gasteiger partial charge on any atom is 0.233 e. The number of hydrogen-bond acceptors (Lipinski definition) is 4. The third kappa shape index (κ3) is 4.75. The molecule has 1 heterocycles. The molecule has 2 aromatic rings. The highest BCUT2D eigenvalue weighted by molar-refractivity contribution is 6.03. The minimum atomic E-state index is -0.352. The Labute approximate surface area is 152 Å². The van der Waals surface area contributed by atoms with Crippen LogP contribution in [0.1, 0.15) is 17.5 Å². The van der Waals surface area contributed by atoms with Gasteiger partial charge >= 0.3 is 0 Å². The van der Waals surface area contributed by atoms with Gasteiger partial charge in [0.15, 0.2) is 11.5 Å². The van der Waals surface area contributed by atoms with Gasteiger partial charge in [0.1, 0.15) is 19.1 Å². The van der Waals surface area contributed by atoms with E-state index in [1.165, 1.54) is 0 Å². The van der Waals surface area contributed by atoms with Crippen LogP contribution in [0.5, 0.6) is 11.5 Å². The number of hydrogen-bond donors (Lipinski definition) is 2. The van der Waals surface area contributed by atoms with E-state index in [-0.39, 0.29) is 30.9 Å². The van der Waals surface area contributed by atoms with Crippen LogP contribution in [0, 0.1) is 13.8 Å². The Morgan fingerprint density at radius 2 is 1.73 bits per heavy atom. The van der Waals surface area contributed by atoms with Crippen LogP contribution in [-0.4, -0.2) is 31.1 Å². The second-order valence-corrected chi connectivity index (χ2v) is 6.40. The Kier molecular flexibility index (Phi) is 5.41. The van der Waals surface area contributed by atoms with Crippen molar-refractivity contribution >= 4 is 17.5 Å². The van der Waals surface area contributed by atoms with E-state index in [4.69, 9.17) is 9.47 Å². The van der Waals surface area contributed by atoms with Crippen LogP contribution in [0.2, 0.25) is 0 Å². The molecule has 0 saturated carbocycles. The van der Waals surface area contributed by atoms with Crippen molar-refractivity contribution < 1.29 is 19.1 Å². The lowest BCUT2D eigenvalue weighted by molar-refractivity contribution is -0.127. The van der Waals surface area contributed by atoms with Crippen molar-refractivity contribution in [3.8, 4) is 11.5 Å². The highest BCUT2D eigenvalue weighted by atomic mass is 16.6. The first-order valence-electron chi connectivity index (χ1n) is 8.53. The summed E-state index contributed by atoms with van der Waals surface area (Å²) < 4.78 is 11.4. The van der Waals surface area contributed by atoms with Crippen LogP contribution in [0.4, 0.5) is 5.69 Å². The summed E-state index contributed by atoms with van der Waals surface area (Å²) in [4.78, 5) is 24.0. The summed E-state index contributed by atoms with van der Waals surface area (Å²) in [6, 6.07) is 13.1. The molecule has 6 nitrogen and oxygen atoms in total. The number of carbonyl (C=O) groups excluding carboxylic acids is 2. The molecule has 2 N–H and O–H groups in total. The zero-order valence-corrected chi connectivity index (χ0v) is 14.9. The molecule has 0 fully saturated rings. The normalized spacial score (nSPS) is 15.2. The molecular formula is C20H22N2O4. The van der Waals surface area contributed by atoms with Gasteiger partial charge < -0.3 is 20.1 Å². The summed E-state index contributed by atoms with van der Waals surface area (Å²) in [5, 5.41) is 5.47. The Balaban J connectivity index is 1.45. The van der Waals surface area contributed by atoms with Crippen molar-refractivity contribution in [2.45, 2.75) is 26.4 Å². The molecule has 1 atom stereocenters. The van der Waals surface area contributed by atoms with Gasteiger partial charge in [-0.05, 0) is 49.2 Å². The van der Waals surface area contributed by atoms with E-state index in [9.17, 15) is 9.59 Å². The molecule has 0 aromatic heterocycles. The van der Waals surface area contributed by atoms with Gasteiger partial charge in [0, 0.05) is 5.69 Å². The molecule has 1 aliphatic rings. The number of ether oxygens (including phenoxy) is 2.